The van der Waals surface area contributed by atoms with Gasteiger partial charge >= 0.3 is 0 Å². The zero-order chi connectivity index (χ0) is 22.2. The predicted octanol–water partition coefficient (Wildman–Crippen LogP) is 4.54. The summed E-state index contributed by atoms with van der Waals surface area (Å²) in [4.78, 5) is 7.39. The average Bonchev–Trinajstić information content (AvgIpc) is 3.47. The number of hydrogen-bond acceptors (Lipinski definition) is 5. The molecule has 1 unspecified atom stereocenters. The molecule has 0 saturated carbocycles. The Kier molecular flexibility index (Phi) is 6.55. The van der Waals surface area contributed by atoms with Crippen LogP contribution in [0.25, 0.3) is 22.0 Å². The van der Waals surface area contributed by atoms with Crippen molar-refractivity contribution < 1.29 is 8.42 Å². The molecule has 0 aliphatic carbocycles. The molecule has 1 saturated heterocycles. The van der Waals surface area contributed by atoms with Crippen LogP contribution >= 0.6 is 22.9 Å². The van der Waals surface area contributed by atoms with Gasteiger partial charge in [-0.05, 0) is 51.1 Å². The topological polar surface area (TPSA) is 67.2 Å². The second-order valence-electron chi connectivity index (χ2n) is 7.86. The Labute approximate surface area is 192 Å². The summed E-state index contributed by atoms with van der Waals surface area (Å²) in [6.45, 7) is 6.38. The fraction of sp³-hybridized carbons (Fsp3) is 0.409. The van der Waals surface area contributed by atoms with E-state index in [0.29, 0.717) is 22.2 Å². The first-order chi connectivity index (χ1) is 14.8. The van der Waals surface area contributed by atoms with E-state index in [1.54, 1.807) is 6.07 Å². The van der Waals surface area contributed by atoms with E-state index in [2.05, 4.69) is 16.5 Å². The van der Waals surface area contributed by atoms with Crippen LogP contribution in [0.15, 0.2) is 40.6 Å². The maximum atomic E-state index is 13.1. The van der Waals surface area contributed by atoms with Gasteiger partial charge in [-0.15, -0.1) is 11.3 Å². The first-order valence-electron chi connectivity index (χ1n) is 10.4. The van der Waals surface area contributed by atoms with Crippen LogP contribution in [0.3, 0.4) is 0 Å². The first kappa shape index (κ1) is 22.5. The Morgan fingerprint density at radius 3 is 2.74 bits per heavy atom. The summed E-state index contributed by atoms with van der Waals surface area (Å²) < 4.78 is 30.9. The van der Waals surface area contributed by atoms with Crippen molar-refractivity contribution in [2.75, 3.05) is 19.6 Å². The van der Waals surface area contributed by atoms with Crippen LogP contribution in [-0.4, -0.2) is 48.5 Å². The van der Waals surface area contributed by atoms with Gasteiger partial charge in [0.25, 0.3) is 0 Å². The van der Waals surface area contributed by atoms with Crippen molar-refractivity contribution in [1.82, 2.24) is 19.2 Å². The molecule has 31 heavy (non-hydrogen) atoms. The van der Waals surface area contributed by atoms with E-state index in [1.165, 1.54) is 11.3 Å². The van der Waals surface area contributed by atoms with Gasteiger partial charge in [-0.1, -0.05) is 30.7 Å². The molecule has 0 spiro atoms. The molecule has 1 N–H and O–H groups in total. The standard InChI is InChI=1S/C22H27ClN4O2S2/c1-4-27-11-5-6-18(27)13-24-31(28,29)21-12-20(26(3)15(21)2)22-25-19(14-30-22)16-7-9-17(23)10-8-16/h7-10,12,14,18,24H,4-6,11,13H2,1-3H3. The molecule has 3 aromatic rings. The molecule has 3 heterocycles. The van der Waals surface area contributed by atoms with Gasteiger partial charge in [-0.25, -0.2) is 18.1 Å². The van der Waals surface area contributed by atoms with Crippen LogP contribution in [0.5, 0.6) is 0 Å². The minimum Gasteiger partial charge on any atom is -0.345 e. The molecule has 6 nitrogen and oxygen atoms in total. The Morgan fingerprint density at radius 2 is 2.03 bits per heavy atom. The normalized spacial score (nSPS) is 17.5. The lowest BCUT2D eigenvalue weighted by molar-refractivity contribution is 0.268. The van der Waals surface area contributed by atoms with Crippen molar-refractivity contribution in [3.05, 3.63) is 46.4 Å². The molecule has 1 aliphatic heterocycles. The maximum Gasteiger partial charge on any atom is 0.242 e. The Morgan fingerprint density at radius 1 is 1.29 bits per heavy atom. The Balaban J connectivity index is 1.57. The van der Waals surface area contributed by atoms with Crippen LogP contribution in [0.1, 0.15) is 25.5 Å². The van der Waals surface area contributed by atoms with Gasteiger partial charge in [0, 0.05) is 41.3 Å². The van der Waals surface area contributed by atoms with Gasteiger partial charge in [0.05, 0.1) is 11.4 Å². The number of likely N-dealkylation sites (N-methyl/N-ethyl adjacent to an activating group) is 1. The fourth-order valence-corrected chi connectivity index (χ4v) is 6.49. The number of halogens is 1. The molecule has 0 radical (unpaired) electrons. The summed E-state index contributed by atoms with van der Waals surface area (Å²) in [6.07, 6.45) is 2.15. The molecule has 2 aromatic heterocycles. The summed E-state index contributed by atoms with van der Waals surface area (Å²) >= 11 is 7.48. The third-order valence-electron chi connectivity index (χ3n) is 6.06. The van der Waals surface area contributed by atoms with Crippen molar-refractivity contribution >= 4 is 33.0 Å². The Bertz CT molecular complexity index is 1170. The minimum atomic E-state index is -3.61. The average molecular weight is 479 g/mol. The van der Waals surface area contributed by atoms with Crippen LogP contribution in [0.4, 0.5) is 0 Å². The number of likely N-dealkylation sites (tertiary alicyclic amines) is 1. The third-order valence-corrected chi connectivity index (χ3v) is 8.71. The molecule has 1 aliphatic rings. The molecular weight excluding hydrogens is 452 g/mol. The number of thiazole rings is 1. The number of aromatic nitrogens is 2. The summed E-state index contributed by atoms with van der Waals surface area (Å²) in [5.41, 5.74) is 3.31. The van der Waals surface area contributed by atoms with Gasteiger partial charge < -0.3 is 4.57 Å². The highest BCUT2D eigenvalue weighted by Gasteiger charge is 2.27. The van der Waals surface area contributed by atoms with Crippen LogP contribution < -0.4 is 4.72 Å². The number of hydrogen-bond donors (Lipinski definition) is 1. The number of nitrogens with zero attached hydrogens (tertiary/aromatic N) is 3. The third kappa shape index (κ3) is 4.59. The molecule has 9 heteroatoms. The molecule has 1 aromatic carbocycles. The van der Waals surface area contributed by atoms with E-state index in [1.807, 2.05) is 48.2 Å². The number of rotatable bonds is 7. The molecule has 4 rings (SSSR count). The van der Waals surface area contributed by atoms with E-state index in [4.69, 9.17) is 16.6 Å². The van der Waals surface area contributed by atoms with E-state index >= 15 is 0 Å². The molecule has 166 valence electrons. The highest BCUT2D eigenvalue weighted by Crippen LogP contribution is 2.33. The second kappa shape index (κ2) is 9.03. The number of nitrogens with one attached hydrogen (secondary N) is 1. The van der Waals surface area contributed by atoms with E-state index in [9.17, 15) is 8.42 Å². The zero-order valence-corrected chi connectivity index (χ0v) is 20.3. The quantitative estimate of drug-likeness (QED) is 0.541. The monoisotopic (exact) mass is 478 g/mol. The van der Waals surface area contributed by atoms with Crippen molar-refractivity contribution in [2.24, 2.45) is 7.05 Å². The van der Waals surface area contributed by atoms with E-state index in [-0.39, 0.29) is 6.04 Å². The van der Waals surface area contributed by atoms with Gasteiger partial charge in [-0.2, -0.15) is 0 Å². The highest BCUT2D eigenvalue weighted by atomic mass is 35.5. The summed E-state index contributed by atoms with van der Waals surface area (Å²) in [6, 6.07) is 9.53. The molecule has 1 fully saturated rings. The van der Waals surface area contributed by atoms with Crippen molar-refractivity contribution in [2.45, 2.75) is 37.6 Å². The smallest absolute Gasteiger partial charge is 0.242 e. The first-order valence-corrected chi connectivity index (χ1v) is 13.2. The summed E-state index contributed by atoms with van der Waals surface area (Å²) in [7, 11) is -1.73. The number of benzene rings is 1. The van der Waals surface area contributed by atoms with E-state index in [0.717, 1.165) is 47.9 Å². The van der Waals surface area contributed by atoms with Gasteiger partial charge in [0.1, 0.15) is 9.90 Å². The lowest BCUT2D eigenvalue weighted by atomic mass is 10.2. The Hall–Kier alpha value is -1.71. The second-order valence-corrected chi connectivity index (χ2v) is 10.9. The van der Waals surface area contributed by atoms with Gasteiger partial charge in [0.2, 0.25) is 10.0 Å². The number of sulfonamides is 1. The molecule has 0 bridgehead atoms. The van der Waals surface area contributed by atoms with Crippen molar-refractivity contribution in [3.63, 3.8) is 0 Å². The molecule has 1 atom stereocenters. The lowest BCUT2D eigenvalue weighted by Gasteiger charge is -2.22. The SMILES string of the molecule is CCN1CCCC1CNS(=O)(=O)c1cc(-c2nc(-c3ccc(Cl)cc3)cs2)n(C)c1C. The highest BCUT2D eigenvalue weighted by molar-refractivity contribution is 7.89. The van der Waals surface area contributed by atoms with Crippen LogP contribution in [0, 0.1) is 6.92 Å². The predicted molar refractivity (Wildman–Crippen MR) is 127 cm³/mol. The lowest BCUT2D eigenvalue weighted by Crippen LogP contribution is -2.40. The van der Waals surface area contributed by atoms with Gasteiger partial charge in [0.15, 0.2) is 0 Å². The summed E-state index contributed by atoms with van der Waals surface area (Å²) in [5.74, 6) is 0. The van der Waals surface area contributed by atoms with Crippen LogP contribution in [-0.2, 0) is 17.1 Å². The largest absolute Gasteiger partial charge is 0.345 e. The summed E-state index contributed by atoms with van der Waals surface area (Å²) in [5, 5.41) is 3.44. The minimum absolute atomic E-state index is 0.268. The van der Waals surface area contributed by atoms with E-state index < -0.39 is 10.0 Å². The maximum absolute atomic E-state index is 13.1. The van der Waals surface area contributed by atoms with Crippen LogP contribution in [0.2, 0.25) is 5.02 Å². The molecule has 0 amide bonds. The van der Waals surface area contributed by atoms with Crippen molar-refractivity contribution in [1.29, 1.82) is 0 Å². The zero-order valence-electron chi connectivity index (χ0n) is 17.9. The fourth-order valence-electron chi connectivity index (χ4n) is 4.12. The van der Waals surface area contributed by atoms with Gasteiger partial charge in [-0.3, -0.25) is 4.90 Å². The van der Waals surface area contributed by atoms with Crippen molar-refractivity contribution in [3.8, 4) is 22.0 Å². The molecular formula is C22H27ClN4O2S2.